The molecule has 4 rings (SSSR count). The lowest BCUT2D eigenvalue weighted by Crippen LogP contribution is -2.56. The van der Waals surface area contributed by atoms with Gasteiger partial charge in [-0.25, -0.2) is 4.79 Å². The average Bonchev–Trinajstić information content (AvgIpc) is 3.11. The number of carbonyl (C=O) groups is 2. The second kappa shape index (κ2) is 5.19. The Balaban J connectivity index is 1.55. The Kier molecular flexibility index (Phi) is 3.33. The van der Waals surface area contributed by atoms with Crippen molar-refractivity contribution in [2.45, 2.75) is 56.4 Å². The number of hydrogen-bond donors (Lipinski definition) is 1. The predicted octanol–water partition coefficient (Wildman–Crippen LogP) is 1.54. The van der Waals surface area contributed by atoms with E-state index in [9.17, 15) is 9.59 Å². The van der Waals surface area contributed by atoms with Crippen LogP contribution in [0.25, 0.3) is 0 Å². The summed E-state index contributed by atoms with van der Waals surface area (Å²) >= 11 is 0. The summed E-state index contributed by atoms with van der Waals surface area (Å²) in [6.45, 7) is 3.45. The summed E-state index contributed by atoms with van der Waals surface area (Å²) in [6, 6.07) is 0. The molecule has 8 nitrogen and oxygen atoms in total. The molecule has 2 amide bonds. The van der Waals surface area contributed by atoms with Gasteiger partial charge in [0.2, 0.25) is 17.7 Å². The van der Waals surface area contributed by atoms with Crippen molar-refractivity contribution >= 4 is 12.0 Å². The Morgan fingerprint density at radius 3 is 2.33 bits per heavy atom. The Morgan fingerprint density at radius 2 is 1.79 bits per heavy atom. The van der Waals surface area contributed by atoms with Gasteiger partial charge in [-0.15, -0.1) is 10.2 Å². The normalized spacial score (nSPS) is 24.4. The fourth-order valence-electron chi connectivity index (χ4n) is 4.28. The molecule has 3 aliphatic rings. The highest BCUT2D eigenvalue weighted by Gasteiger charge is 2.60. The van der Waals surface area contributed by atoms with E-state index in [0.29, 0.717) is 37.7 Å². The van der Waals surface area contributed by atoms with Crippen molar-refractivity contribution in [2.24, 2.45) is 0 Å². The van der Waals surface area contributed by atoms with Gasteiger partial charge in [-0.05, 0) is 38.5 Å². The molecule has 1 saturated carbocycles. The Bertz CT molecular complexity index is 673. The largest absolute Gasteiger partial charge is 0.465 e. The van der Waals surface area contributed by atoms with E-state index >= 15 is 0 Å². The SMILES string of the molecule is Cc1nnc(C2(C(=O)N3CCCC34CCN(C(=O)O)CC4)CC2)o1. The first-order valence-corrected chi connectivity index (χ1v) is 8.57. The van der Waals surface area contributed by atoms with Gasteiger partial charge >= 0.3 is 6.09 Å². The smallest absolute Gasteiger partial charge is 0.407 e. The molecule has 3 fully saturated rings. The van der Waals surface area contributed by atoms with Crippen molar-refractivity contribution in [3.8, 4) is 0 Å². The van der Waals surface area contributed by atoms with E-state index in [-0.39, 0.29) is 11.4 Å². The molecule has 2 aliphatic heterocycles. The summed E-state index contributed by atoms with van der Waals surface area (Å²) < 4.78 is 5.56. The van der Waals surface area contributed by atoms with E-state index in [4.69, 9.17) is 9.52 Å². The maximum Gasteiger partial charge on any atom is 0.407 e. The van der Waals surface area contributed by atoms with E-state index in [2.05, 4.69) is 10.2 Å². The number of nitrogens with zero attached hydrogens (tertiary/aromatic N) is 4. The van der Waals surface area contributed by atoms with Crippen LogP contribution in [0, 0.1) is 6.92 Å². The molecule has 3 heterocycles. The molecule has 2 saturated heterocycles. The Morgan fingerprint density at radius 1 is 1.08 bits per heavy atom. The van der Waals surface area contributed by atoms with Crippen LogP contribution in [0.4, 0.5) is 4.79 Å². The molecular weight excluding hydrogens is 312 g/mol. The molecule has 130 valence electrons. The third-order valence-electron chi connectivity index (χ3n) is 5.90. The molecular formula is C16H22N4O4. The molecule has 0 atom stereocenters. The van der Waals surface area contributed by atoms with E-state index in [0.717, 1.165) is 32.2 Å². The number of likely N-dealkylation sites (tertiary alicyclic amines) is 2. The Labute approximate surface area is 139 Å². The molecule has 1 aliphatic carbocycles. The number of carboxylic acid groups (broad SMARTS) is 1. The third-order valence-corrected chi connectivity index (χ3v) is 5.90. The van der Waals surface area contributed by atoms with E-state index in [1.54, 1.807) is 6.92 Å². The average molecular weight is 334 g/mol. The fourth-order valence-corrected chi connectivity index (χ4v) is 4.28. The van der Waals surface area contributed by atoms with Crippen molar-refractivity contribution in [3.05, 3.63) is 11.8 Å². The van der Waals surface area contributed by atoms with Gasteiger partial charge < -0.3 is 19.3 Å². The van der Waals surface area contributed by atoms with Gasteiger partial charge in [-0.1, -0.05) is 0 Å². The minimum atomic E-state index is -0.874. The van der Waals surface area contributed by atoms with Crippen LogP contribution in [-0.2, 0) is 10.2 Å². The first-order valence-electron chi connectivity index (χ1n) is 8.57. The quantitative estimate of drug-likeness (QED) is 0.881. The fraction of sp³-hybridized carbons (Fsp3) is 0.750. The van der Waals surface area contributed by atoms with Gasteiger partial charge in [0.25, 0.3) is 0 Å². The molecule has 1 N–H and O–H groups in total. The number of rotatable bonds is 2. The summed E-state index contributed by atoms with van der Waals surface area (Å²) in [5, 5.41) is 17.1. The summed E-state index contributed by atoms with van der Waals surface area (Å²) in [5.41, 5.74) is -0.837. The van der Waals surface area contributed by atoms with Crippen molar-refractivity contribution in [3.63, 3.8) is 0 Å². The highest BCUT2D eigenvalue weighted by atomic mass is 16.4. The lowest BCUT2D eigenvalue weighted by molar-refractivity contribution is -0.140. The number of piperidine rings is 1. The highest BCUT2D eigenvalue weighted by Crippen LogP contribution is 2.52. The monoisotopic (exact) mass is 334 g/mol. The van der Waals surface area contributed by atoms with Crippen LogP contribution in [0.2, 0.25) is 0 Å². The molecule has 8 heteroatoms. The van der Waals surface area contributed by atoms with Crippen molar-refractivity contribution in [1.82, 2.24) is 20.0 Å². The molecule has 1 aromatic rings. The van der Waals surface area contributed by atoms with Crippen LogP contribution < -0.4 is 0 Å². The van der Waals surface area contributed by atoms with Crippen LogP contribution in [-0.4, -0.2) is 62.3 Å². The molecule has 0 unspecified atom stereocenters. The predicted molar refractivity (Wildman–Crippen MR) is 82.5 cm³/mol. The maximum absolute atomic E-state index is 13.3. The minimum Gasteiger partial charge on any atom is -0.465 e. The van der Waals surface area contributed by atoms with Crippen molar-refractivity contribution < 1.29 is 19.1 Å². The molecule has 1 aromatic heterocycles. The first kappa shape index (κ1) is 15.4. The molecule has 24 heavy (non-hydrogen) atoms. The lowest BCUT2D eigenvalue weighted by Gasteiger charge is -2.45. The summed E-state index contributed by atoms with van der Waals surface area (Å²) in [4.78, 5) is 27.9. The maximum atomic E-state index is 13.3. The van der Waals surface area contributed by atoms with Gasteiger partial charge in [-0.2, -0.15) is 0 Å². The molecule has 1 spiro atoms. The first-order chi connectivity index (χ1) is 11.5. The summed E-state index contributed by atoms with van der Waals surface area (Å²) in [6.07, 6.45) is 3.97. The zero-order valence-corrected chi connectivity index (χ0v) is 13.8. The standard InChI is InChI=1S/C16H22N4O4/c1-11-17-18-12(24-11)16(4-5-16)13(21)20-8-2-3-15(20)6-9-19(10-7-15)14(22)23/h2-10H2,1H3,(H,22,23). The van der Waals surface area contributed by atoms with Gasteiger partial charge in [0.1, 0.15) is 5.41 Å². The van der Waals surface area contributed by atoms with Gasteiger partial charge in [0, 0.05) is 32.1 Å². The summed E-state index contributed by atoms with van der Waals surface area (Å²) in [7, 11) is 0. The van der Waals surface area contributed by atoms with Crippen LogP contribution in [0.15, 0.2) is 4.42 Å². The van der Waals surface area contributed by atoms with E-state index in [1.807, 2.05) is 4.90 Å². The second-order valence-electron chi connectivity index (χ2n) is 7.26. The zero-order chi connectivity index (χ0) is 16.9. The molecule has 0 bridgehead atoms. The number of aromatic nitrogens is 2. The number of aryl methyl sites for hydroxylation is 1. The molecule has 0 aromatic carbocycles. The van der Waals surface area contributed by atoms with E-state index < -0.39 is 11.5 Å². The molecule has 0 radical (unpaired) electrons. The third kappa shape index (κ3) is 2.19. The Hall–Kier alpha value is -2.12. The number of carbonyl (C=O) groups excluding carboxylic acids is 1. The van der Waals surface area contributed by atoms with Crippen molar-refractivity contribution in [2.75, 3.05) is 19.6 Å². The van der Waals surface area contributed by atoms with Crippen LogP contribution >= 0.6 is 0 Å². The zero-order valence-electron chi connectivity index (χ0n) is 13.8. The van der Waals surface area contributed by atoms with E-state index in [1.165, 1.54) is 4.90 Å². The number of hydrogen-bond acceptors (Lipinski definition) is 5. The van der Waals surface area contributed by atoms with Crippen LogP contribution in [0.5, 0.6) is 0 Å². The van der Waals surface area contributed by atoms with Gasteiger partial charge in [-0.3, -0.25) is 4.79 Å². The van der Waals surface area contributed by atoms with Crippen molar-refractivity contribution in [1.29, 1.82) is 0 Å². The number of amides is 2. The summed E-state index contributed by atoms with van der Waals surface area (Å²) in [5.74, 6) is 1.01. The van der Waals surface area contributed by atoms with Gasteiger partial charge in [0.15, 0.2) is 0 Å². The highest BCUT2D eigenvalue weighted by molar-refractivity contribution is 5.91. The topological polar surface area (TPSA) is 99.8 Å². The van der Waals surface area contributed by atoms with Gasteiger partial charge in [0.05, 0.1) is 0 Å². The van der Waals surface area contributed by atoms with Crippen LogP contribution in [0.1, 0.15) is 50.3 Å². The lowest BCUT2D eigenvalue weighted by atomic mass is 9.84. The minimum absolute atomic E-state index is 0.0902. The second-order valence-corrected chi connectivity index (χ2v) is 7.26. The van der Waals surface area contributed by atoms with Crippen LogP contribution in [0.3, 0.4) is 0 Å².